The number of sulfonamides is 1. The lowest BCUT2D eigenvalue weighted by atomic mass is 10.1. The van der Waals surface area contributed by atoms with Crippen LogP contribution in [0.2, 0.25) is 5.02 Å². The minimum absolute atomic E-state index is 0.0302. The molecule has 0 aliphatic carbocycles. The highest BCUT2D eigenvalue weighted by Gasteiger charge is 2.32. The van der Waals surface area contributed by atoms with Crippen LogP contribution in [0.4, 0.5) is 5.69 Å². The molecule has 2 amide bonds. The predicted molar refractivity (Wildman–Crippen MR) is 149 cm³/mol. The fourth-order valence-electron chi connectivity index (χ4n) is 3.83. The minimum Gasteiger partial charge on any atom is -0.497 e. The molecule has 0 heterocycles. The number of halogens is 1. The number of nitrogens with one attached hydrogen (secondary N) is 1. The van der Waals surface area contributed by atoms with E-state index < -0.39 is 28.5 Å². The first-order chi connectivity index (χ1) is 18.0. The van der Waals surface area contributed by atoms with Crippen LogP contribution in [0.5, 0.6) is 5.75 Å². The van der Waals surface area contributed by atoms with Gasteiger partial charge in [-0.2, -0.15) is 0 Å². The number of anilines is 1. The third-order valence-corrected chi connectivity index (χ3v) is 7.81. The lowest BCUT2D eigenvalue weighted by Crippen LogP contribution is -2.52. The average Bonchev–Trinajstić information content (AvgIpc) is 2.90. The van der Waals surface area contributed by atoms with E-state index in [2.05, 4.69) is 5.32 Å². The van der Waals surface area contributed by atoms with E-state index in [1.165, 1.54) is 24.1 Å². The van der Waals surface area contributed by atoms with Crippen molar-refractivity contribution < 1.29 is 22.7 Å². The van der Waals surface area contributed by atoms with Gasteiger partial charge in [0.15, 0.2) is 0 Å². The Kier molecular flexibility index (Phi) is 9.77. The summed E-state index contributed by atoms with van der Waals surface area (Å²) in [5, 5.41) is 3.31. The van der Waals surface area contributed by atoms with Crippen molar-refractivity contribution in [3.05, 3.63) is 89.4 Å². The minimum atomic E-state index is -4.14. The Balaban J connectivity index is 2.04. The fraction of sp³-hybridized carbons (Fsp3) is 0.286. The Morgan fingerprint density at radius 3 is 2.26 bits per heavy atom. The molecule has 0 bridgehead atoms. The first kappa shape index (κ1) is 29.0. The molecule has 0 fully saturated rings. The van der Waals surface area contributed by atoms with E-state index in [-0.39, 0.29) is 29.1 Å². The van der Waals surface area contributed by atoms with Gasteiger partial charge in [-0.15, -0.1) is 0 Å². The Labute approximate surface area is 229 Å². The molecule has 10 heteroatoms. The average molecular weight is 558 g/mol. The van der Waals surface area contributed by atoms with E-state index in [9.17, 15) is 18.0 Å². The number of rotatable bonds is 11. The third-order valence-electron chi connectivity index (χ3n) is 5.79. The van der Waals surface area contributed by atoms with Gasteiger partial charge < -0.3 is 15.0 Å². The van der Waals surface area contributed by atoms with E-state index in [1.807, 2.05) is 13.8 Å². The van der Waals surface area contributed by atoms with Crippen LogP contribution in [0.25, 0.3) is 0 Å². The van der Waals surface area contributed by atoms with Gasteiger partial charge in [-0.25, -0.2) is 8.42 Å². The largest absolute Gasteiger partial charge is 0.497 e. The molecule has 0 aromatic heterocycles. The summed E-state index contributed by atoms with van der Waals surface area (Å²) in [5.74, 6) is -0.475. The number of carbonyl (C=O) groups excluding carboxylic acids is 2. The lowest BCUT2D eigenvalue weighted by Gasteiger charge is -2.32. The van der Waals surface area contributed by atoms with Gasteiger partial charge in [-0.1, -0.05) is 48.0 Å². The third kappa shape index (κ3) is 7.26. The molecule has 3 aromatic carbocycles. The van der Waals surface area contributed by atoms with Crippen molar-refractivity contribution in [1.82, 2.24) is 10.2 Å². The molecule has 0 unspecified atom stereocenters. The molecule has 38 heavy (non-hydrogen) atoms. The quantitative estimate of drug-likeness (QED) is 0.375. The molecule has 0 aliphatic rings. The predicted octanol–water partition coefficient (Wildman–Crippen LogP) is 4.49. The van der Waals surface area contributed by atoms with Gasteiger partial charge in [0.2, 0.25) is 11.8 Å². The van der Waals surface area contributed by atoms with Crippen LogP contribution in [0.15, 0.2) is 83.8 Å². The van der Waals surface area contributed by atoms with Gasteiger partial charge in [-0.3, -0.25) is 13.9 Å². The Hall–Kier alpha value is -3.56. The molecule has 0 spiro atoms. The first-order valence-electron chi connectivity index (χ1n) is 12.1. The molecule has 202 valence electrons. The molecule has 3 rings (SSSR count). The van der Waals surface area contributed by atoms with Crippen LogP contribution in [-0.2, 0) is 26.2 Å². The van der Waals surface area contributed by atoms with Gasteiger partial charge in [-0.05, 0) is 62.7 Å². The summed E-state index contributed by atoms with van der Waals surface area (Å²) in [6.45, 7) is 4.78. The van der Waals surface area contributed by atoms with Crippen molar-refractivity contribution in [3.8, 4) is 5.75 Å². The van der Waals surface area contributed by atoms with Crippen LogP contribution in [0, 0.1) is 0 Å². The molecular weight excluding hydrogens is 526 g/mol. The molecule has 0 saturated carbocycles. The molecule has 8 nitrogen and oxygen atoms in total. The molecule has 3 aromatic rings. The second-order valence-corrected chi connectivity index (χ2v) is 11.3. The maximum Gasteiger partial charge on any atom is 0.264 e. The van der Waals surface area contributed by atoms with Crippen LogP contribution in [0.3, 0.4) is 0 Å². The van der Waals surface area contributed by atoms with Crippen molar-refractivity contribution in [2.45, 2.75) is 44.3 Å². The molecule has 0 saturated heterocycles. The van der Waals surface area contributed by atoms with Crippen LogP contribution in [-0.4, -0.2) is 50.9 Å². The Bertz CT molecular complexity index is 1370. The second kappa shape index (κ2) is 12.8. The molecule has 1 atom stereocenters. The molecule has 0 radical (unpaired) electrons. The maximum atomic E-state index is 13.9. The maximum absolute atomic E-state index is 13.9. The molecule has 0 aliphatic heterocycles. The summed E-state index contributed by atoms with van der Waals surface area (Å²) in [6, 6.07) is 20.3. The van der Waals surface area contributed by atoms with E-state index >= 15 is 0 Å². The van der Waals surface area contributed by atoms with E-state index in [1.54, 1.807) is 73.7 Å². The smallest absolute Gasteiger partial charge is 0.264 e. The van der Waals surface area contributed by atoms with Gasteiger partial charge in [0.25, 0.3) is 10.0 Å². The van der Waals surface area contributed by atoms with Crippen molar-refractivity contribution in [3.63, 3.8) is 0 Å². The van der Waals surface area contributed by atoms with Crippen LogP contribution < -0.4 is 14.4 Å². The van der Waals surface area contributed by atoms with Crippen molar-refractivity contribution in [2.24, 2.45) is 0 Å². The number of ether oxygens (including phenoxy) is 1. The summed E-state index contributed by atoms with van der Waals surface area (Å²) >= 11 is 6.16. The highest BCUT2D eigenvalue weighted by Crippen LogP contribution is 2.27. The zero-order chi connectivity index (χ0) is 27.9. The van der Waals surface area contributed by atoms with Gasteiger partial charge >= 0.3 is 0 Å². The van der Waals surface area contributed by atoms with Crippen LogP contribution in [0.1, 0.15) is 26.3 Å². The van der Waals surface area contributed by atoms with Gasteiger partial charge in [0.05, 0.1) is 17.7 Å². The second-order valence-electron chi connectivity index (χ2n) is 9.02. The summed E-state index contributed by atoms with van der Waals surface area (Å²) in [4.78, 5) is 28.2. The summed E-state index contributed by atoms with van der Waals surface area (Å²) in [5.41, 5.74) is 0.956. The zero-order valence-corrected chi connectivity index (χ0v) is 23.4. The number of nitrogens with zero attached hydrogens (tertiary/aromatic N) is 2. The fourth-order valence-corrected chi connectivity index (χ4v) is 5.47. The van der Waals surface area contributed by atoms with Crippen molar-refractivity contribution >= 4 is 39.1 Å². The summed E-state index contributed by atoms with van der Waals surface area (Å²) < 4.78 is 33.8. The normalized spacial score (nSPS) is 12.1. The lowest BCUT2D eigenvalue weighted by molar-refractivity contribution is -0.139. The van der Waals surface area contributed by atoms with Crippen molar-refractivity contribution in [2.75, 3.05) is 18.0 Å². The Morgan fingerprint density at radius 1 is 0.947 bits per heavy atom. The number of hydrogen-bond acceptors (Lipinski definition) is 5. The number of carbonyl (C=O) groups is 2. The SMILES string of the molecule is COc1cccc(N(CC(=O)N(Cc2cccc(Cl)c2)[C@@H](C)C(=O)NC(C)C)S(=O)(=O)c2ccccc2)c1. The van der Waals surface area contributed by atoms with E-state index in [0.717, 1.165) is 4.31 Å². The van der Waals surface area contributed by atoms with E-state index in [0.29, 0.717) is 16.3 Å². The molecular formula is C28H32ClN3O5S. The number of benzene rings is 3. The number of hydrogen-bond donors (Lipinski definition) is 1. The van der Waals surface area contributed by atoms with Gasteiger partial charge in [0.1, 0.15) is 18.3 Å². The van der Waals surface area contributed by atoms with Crippen LogP contribution >= 0.6 is 11.6 Å². The topological polar surface area (TPSA) is 96.0 Å². The Morgan fingerprint density at radius 2 is 1.63 bits per heavy atom. The highest BCUT2D eigenvalue weighted by atomic mass is 35.5. The van der Waals surface area contributed by atoms with E-state index in [4.69, 9.17) is 16.3 Å². The summed E-state index contributed by atoms with van der Waals surface area (Å²) in [7, 11) is -2.67. The number of amides is 2. The standard InChI is InChI=1S/C28H32ClN3O5S/c1-20(2)30-28(34)21(3)31(18-22-10-8-11-23(29)16-22)27(33)19-32(24-12-9-13-25(17-24)37-4)38(35,36)26-14-6-5-7-15-26/h5-17,20-21H,18-19H2,1-4H3,(H,30,34)/t21-/m0/s1. The van der Waals surface area contributed by atoms with Gasteiger partial charge in [0, 0.05) is 23.7 Å². The molecule has 1 N–H and O–H groups in total. The highest BCUT2D eigenvalue weighted by molar-refractivity contribution is 7.92. The monoisotopic (exact) mass is 557 g/mol. The summed E-state index contributed by atoms with van der Waals surface area (Å²) in [6.07, 6.45) is 0. The zero-order valence-electron chi connectivity index (χ0n) is 21.8. The first-order valence-corrected chi connectivity index (χ1v) is 13.9. The van der Waals surface area contributed by atoms with Crippen molar-refractivity contribution in [1.29, 1.82) is 0 Å². The number of methoxy groups -OCH3 is 1.